The van der Waals surface area contributed by atoms with Crippen molar-refractivity contribution >= 4 is 22.1 Å². The Kier molecular flexibility index (Phi) is 13.7. The molecule has 1 unspecified atom stereocenters. The molecule has 0 N–H and O–H groups in total. The van der Waals surface area contributed by atoms with Crippen LogP contribution < -0.4 is 51.4 Å². The standard InChI is InChI=1S/C18H26O7S.K/c1-3-4-5-6-7-10-13-24-17(19)15-11-8-9-12-16(15)18(20)25-14(2)26(21,22)23;/h8-9,11-12,14H,3-7,10,13H2,1-2H3,(H,21,22,23);/q;+1/p-1. The molecule has 0 amide bonds. The zero-order valence-corrected chi connectivity index (χ0v) is 20.0. The average Bonchev–Trinajstić information content (AvgIpc) is 2.59. The Morgan fingerprint density at radius 3 is 2.07 bits per heavy atom. The molecule has 0 aliphatic heterocycles. The van der Waals surface area contributed by atoms with Crippen LogP contribution in [0.4, 0.5) is 0 Å². The molecule has 1 atom stereocenters. The first-order valence-corrected chi connectivity index (χ1v) is 10.2. The van der Waals surface area contributed by atoms with Gasteiger partial charge in [-0.25, -0.2) is 18.0 Å². The van der Waals surface area contributed by atoms with E-state index in [1.165, 1.54) is 24.6 Å². The van der Waals surface area contributed by atoms with E-state index < -0.39 is 27.5 Å². The molecule has 0 spiro atoms. The van der Waals surface area contributed by atoms with Crippen molar-refractivity contribution in [3.05, 3.63) is 35.4 Å². The van der Waals surface area contributed by atoms with E-state index in [2.05, 4.69) is 11.7 Å². The van der Waals surface area contributed by atoms with Crippen LogP contribution in [0.1, 0.15) is 73.1 Å². The van der Waals surface area contributed by atoms with Crippen molar-refractivity contribution in [3.8, 4) is 0 Å². The fourth-order valence-corrected chi connectivity index (χ4v) is 2.44. The summed E-state index contributed by atoms with van der Waals surface area (Å²) in [5.41, 5.74) is -2.02. The summed E-state index contributed by atoms with van der Waals surface area (Å²) in [6.07, 6.45) is 6.26. The number of rotatable bonds is 11. The van der Waals surface area contributed by atoms with Crippen molar-refractivity contribution in [1.82, 2.24) is 0 Å². The Morgan fingerprint density at radius 2 is 1.52 bits per heavy atom. The molecule has 0 bridgehead atoms. The third-order valence-electron chi connectivity index (χ3n) is 3.78. The number of carbonyl (C=O) groups is 2. The molecule has 1 rings (SSSR count). The van der Waals surface area contributed by atoms with Gasteiger partial charge in [0.15, 0.2) is 5.44 Å². The zero-order chi connectivity index (χ0) is 19.6. The predicted molar refractivity (Wildman–Crippen MR) is 94.7 cm³/mol. The summed E-state index contributed by atoms with van der Waals surface area (Å²) in [6, 6.07) is 5.74. The second-order valence-corrected chi connectivity index (χ2v) is 7.56. The van der Waals surface area contributed by atoms with Gasteiger partial charge in [-0.15, -0.1) is 0 Å². The maximum absolute atomic E-state index is 12.2. The maximum atomic E-state index is 12.2. The summed E-state index contributed by atoms with van der Waals surface area (Å²) in [5.74, 6) is -1.76. The summed E-state index contributed by atoms with van der Waals surface area (Å²) in [5, 5.41) is 0. The SMILES string of the molecule is CCCCCCCCOC(=O)c1ccccc1C(=O)OC(C)S(=O)(=O)[O-].[K+]. The Bertz CT molecular complexity index is 703. The van der Waals surface area contributed by atoms with Gasteiger partial charge in [-0.3, -0.25) is 0 Å². The van der Waals surface area contributed by atoms with Crippen LogP contribution in [0, 0.1) is 0 Å². The molecule has 0 heterocycles. The van der Waals surface area contributed by atoms with Gasteiger partial charge in [0.05, 0.1) is 17.7 Å². The van der Waals surface area contributed by atoms with E-state index in [4.69, 9.17) is 4.74 Å². The molecule has 1 aromatic carbocycles. The van der Waals surface area contributed by atoms with Crippen LogP contribution in [-0.2, 0) is 19.6 Å². The van der Waals surface area contributed by atoms with E-state index in [0.717, 1.165) is 39.0 Å². The summed E-state index contributed by atoms with van der Waals surface area (Å²) >= 11 is 0. The second-order valence-electron chi connectivity index (χ2n) is 5.92. The number of hydrogen-bond acceptors (Lipinski definition) is 7. The Morgan fingerprint density at radius 1 is 1.00 bits per heavy atom. The van der Waals surface area contributed by atoms with E-state index >= 15 is 0 Å². The first-order valence-electron chi connectivity index (χ1n) is 8.69. The van der Waals surface area contributed by atoms with Gasteiger partial charge in [0.2, 0.25) is 0 Å². The minimum atomic E-state index is -4.78. The van der Waals surface area contributed by atoms with E-state index in [1.54, 1.807) is 6.07 Å². The smallest absolute Gasteiger partial charge is 0.745 e. The maximum Gasteiger partial charge on any atom is 1.00 e. The van der Waals surface area contributed by atoms with Crippen molar-refractivity contribution in [2.45, 2.75) is 57.8 Å². The van der Waals surface area contributed by atoms with Crippen LogP contribution in [0.2, 0.25) is 0 Å². The third-order valence-corrected chi connectivity index (χ3v) is 4.69. The van der Waals surface area contributed by atoms with Crippen molar-refractivity contribution in [2.24, 2.45) is 0 Å². The van der Waals surface area contributed by atoms with Gasteiger partial charge in [-0.1, -0.05) is 51.2 Å². The largest absolute Gasteiger partial charge is 1.00 e. The van der Waals surface area contributed by atoms with Crippen LogP contribution in [0.25, 0.3) is 0 Å². The topological polar surface area (TPSA) is 110 Å². The molecule has 9 heteroatoms. The molecule has 27 heavy (non-hydrogen) atoms. The van der Waals surface area contributed by atoms with E-state index in [1.807, 2.05) is 0 Å². The number of unbranched alkanes of at least 4 members (excludes halogenated alkanes) is 5. The average molecular weight is 425 g/mol. The number of hydrogen-bond donors (Lipinski definition) is 0. The molecule has 0 aromatic heterocycles. The fraction of sp³-hybridized carbons (Fsp3) is 0.556. The predicted octanol–water partition coefficient (Wildman–Crippen LogP) is 0.256. The van der Waals surface area contributed by atoms with Gasteiger partial charge in [0.1, 0.15) is 10.1 Å². The van der Waals surface area contributed by atoms with Crippen molar-refractivity contribution in [3.63, 3.8) is 0 Å². The molecule has 7 nitrogen and oxygen atoms in total. The third kappa shape index (κ3) is 10.2. The first kappa shape index (κ1) is 26.7. The van der Waals surface area contributed by atoms with Crippen molar-refractivity contribution in [1.29, 1.82) is 0 Å². The molecule has 0 aliphatic carbocycles. The Balaban J connectivity index is 0.00000676. The monoisotopic (exact) mass is 424 g/mol. The van der Waals surface area contributed by atoms with Crippen molar-refractivity contribution in [2.75, 3.05) is 6.61 Å². The van der Waals surface area contributed by atoms with Gasteiger partial charge in [0.25, 0.3) is 0 Å². The van der Waals surface area contributed by atoms with Crippen molar-refractivity contribution < 1.29 is 83.4 Å². The molecule has 0 fully saturated rings. The van der Waals surface area contributed by atoms with Crippen LogP contribution >= 0.6 is 0 Å². The van der Waals surface area contributed by atoms with E-state index in [0.29, 0.717) is 0 Å². The summed E-state index contributed by atoms with van der Waals surface area (Å²) in [4.78, 5) is 24.2. The first-order chi connectivity index (χ1) is 12.3. The van der Waals surface area contributed by atoms with Gasteiger partial charge in [0, 0.05) is 0 Å². The zero-order valence-electron chi connectivity index (χ0n) is 16.1. The molecule has 0 saturated carbocycles. The minimum Gasteiger partial charge on any atom is -0.745 e. The minimum absolute atomic E-state index is 0. The summed E-state index contributed by atoms with van der Waals surface area (Å²) in [6.45, 7) is 3.33. The van der Waals surface area contributed by atoms with Crippen LogP contribution in [0.15, 0.2) is 24.3 Å². The van der Waals surface area contributed by atoms with Crippen LogP contribution in [0.5, 0.6) is 0 Å². The summed E-state index contributed by atoms with van der Waals surface area (Å²) < 4.78 is 42.4. The van der Waals surface area contributed by atoms with Gasteiger partial charge < -0.3 is 14.0 Å². The Hall–Kier alpha value is -0.294. The molecular formula is C18H25KO7S. The number of esters is 2. The summed E-state index contributed by atoms with van der Waals surface area (Å²) in [7, 11) is -4.78. The molecule has 146 valence electrons. The van der Waals surface area contributed by atoms with Gasteiger partial charge in [-0.05, 0) is 25.5 Å². The normalized spacial score (nSPS) is 12.0. The van der Waals surface area contributed by atoms with Gasteiger partial charge >= 0.3 is 63.3 Å². The number of ether oxygens (including phenoxy) is 2. The van der Waals surface area contributed by atoms with Crippen LogP contribution in [0.3, 0.4) is 0 Å². The number of carbonyl (C=O) groups excluding carboxylic acids is 2. The number of benzene rings is 1. The van der Waals surface area contributed by atoms with E-state index in [9.17, 15) is 22.6 Å². The molecule has 0 saturated heterocycles. The second kappa shape index (κ2) is 13.8. The molecule has 0 radical (unpaired) electrons. The fourth-order valence-electron chi connectivity index (χ4n) is 2.24. The van der Waals surface area contributed by atoms with Crippen LogP contribution in [-0.4, -0.2) is 37.0 Å². The van der Waals surface area contributed by atoms with Gasteiger partial charge in [-0.2, -0.15) is 0 Å². The quantitative estimate of drug-likeness (QED) is 0.217. The Labute approximate surface area is 203 Å². The molecular weight excluding hydrogens is 399 g/mol. The van der Waals surface area contributed by atoms with E-state index in [-0.39, 0.29) is 69.1 Å². The molecule has 0 aliphatic rings. The molecule has 1 aromatic rings.